The van der Waals surface area contributed by atoms with Gasteiger partial charge in [-0.1, -0.05) is 37.3 Å². The van der Waals surface area contributed by atoms with E-state index in [0.717, 1.165) is 25.9 Å². The average molecular weight is 418 g/mol. The van der Waals surface area contributed by atoms with Gasteiger partial charge in [-0.2, -0.15) is 5.10 Å². The zero-order valence-corrected chi connectivity index (χ0v) is 18.2. The van der Waals surface area contributed by atoms with Crippen LogP contribution in [-0.2, 0) is 12.8 Å². The summed E-state index contributed by atoms with van der Waals surface area (Å²) in [7, 11) is 0. The van der Waals surface area contributed by atoms with Crippen molar-refractivity contribution in [3.05, 3.63) is 59.8 Å². The molecule has 2 heterocycles. The van der Waals surface area contributed by atoms with E-state index >= 15 is 0 Å². The molecule has 2 N–H and O–H groups in total. The van der Waals surface area contributed by atoms with Crippen LogP contribution in [0.1, 0.15) is 43.5 Å². The number of nitrogens with zero attached hydrogens (tertiary/aromatic N) is 4. The predicted octanol–water partition coefficient (Wildman–Crippen LogP) is 4.14. The largest absolute Gasteiger partial charge is 0.368 e. The molecule has 1 saturated carbocycles. The predicted molar refractivity (Wildman–Crippen MR) is 124 cm³/mol. The molecule has 1 aliphatic heterocycles. The Morgan fingerprint density at radius 1 is 1.13 bits per heavy atom. The molecule has 1 aliphatic carbocycles. The van der Waals surface area contributed by atoms with Gasteiger partial charge in [0.2, 0.25) is 0 Å². The summed E-state index contributed by atoms with van der Waals surface area (Å²) in [6.45, 7) is 4.39. The number of primary amides is 1. The SMILES string of the molecule is CCc1nn(C2CCC2)c2cc(N3CCN(C(N)=O)C(Cc4ccccc4)C3)ccc12. The first-order valence-corrected chi connectivity index (χ1v) is 11.5. The molecule has 0 spiro atoms. The summed E-state index contributed by atoms with van der Waals surface area (Å²) >= 11 is 0. The van der Waals surface area contributed by atoms with E-state index in [2.05, 4.69) is 46.8 Å². The first-order valence-electron chi connectivity index (χ1n) is 11.5. The van der Waals surface area contributed by atoms with Gasteiger partial charge in [-0.3, -0.25) is 4.68 Å². The van der Waals surface area contributed by atoms with Crippen LogP contribution in [0.5, 0.6) is 0 Å². The van der Waals surface area contributed by atoms with Crippen LogP contribution in [-0.4, -0.2) is 46.4 Å². The number of carbonyl (C=O) groups is 1. The lowest BCUT2D eigenvalue weighted by Gasteiger charge is -2.42. The van der Waals surface area contributed by atoms with E-state index in [1.165, 1.54) is 47.1 Å². The molecule has 6 heteroatoms. The first-order chi connectivity index (χ1) is 15.1. The van der Waals surface area contributed by atoms with E-state index in [4.69, 9.17) is 10.8 Å². The van der Waals surface area contributed by atoms with E-state index in [9.17, 15) is 4.79 Å². The molecule has 0 radical (unpaired) electrons. The van der Waals surface area contributed by atoms with Crippen LogP contribution < -0.4 is 10.6 Å². The van der Waals surface area contributed by atoms with Gasteiger partial charge in [-0.25, -0.2) is 4.79 Å². The van der Waals surface area contributed by atoms with Crippen molar-refractivity contribution >= 4 is 22.6 Å². The molecule has 2 aliphatic rings. The second kappa shape index (κ2) is 8.25. The second-order valence-corrected chi connectivity index (χ2v) is 8.85. The Bertz CT molecular complexity index is 1070. The minimum Gasteiger partial charge on any atom is -0.368 e. The third-order valence-electron chi connectivity index (χ3n) is 6.97. The molecule has 2 fully saturated rings. The summed E-state index contributed by atoms with van der Waals surface area (Å²) in [5, 5.41) is 6.22. The third kappa shape index (κ3) is 3.75. The van der Waals surface area contributed by atoms with Gasteiger partial charge in [-0.05, 0) is 55.9 Å². The highest BCUT2D eigenvalue weighted by molar-refractivity contribution is 5.86. The van der Waals surface area contributed by atoms with E-state index in [0.29, 0.717) is 12.6 Å². The number of piperazine rings is 1. The Balaban J connectivity index is 1.44. The molecular formula is C25H31N5O. The number of fused-ring (bicyclic) bond motifs is 1. The molecule has 1 unspecified atom stereocenters. The monoisotopic (exact) mass is 417 g/mol. The van der Waals surface area contributed by atoms with E-state index in [1.807, 2.05) is 23.1 Å². The number of hydrogen-bond donors (Lipinski definition) is 1. The minimum absolute atomic E-state index is 0.0621. The van der Waals surface area contributed by atoms with Gasteiger partial charge < -0.3 is 15.5 Å². The Morgan fingerprint density at radius 3 is 2.61 bits per heavy atom. The van der Waals surface area contributed by atoms with E-state index in [1.54, 1.807) is 0 Å². The summed E-state index contributed by atoms with van der Waals surface area (Å²) in [6.07, 6.45) is 5.50. The summed E-state index contributed by atoms with van der Waals surface area (Å²) in [5.41, 5.74) is 10.6. The highest BCUT2D eigenvalue weighted by Crippen LogP contribution is 2.36. The van der Waals surface area contributed by atoms with Crippen molar-refractivity contribution in [2.24, 2.45) is 5.73 Å². The number of carbonyl (C=O) groups excluding carboxylic acids is 1. The fourth-order valence-electron chi connectivity index (χ4n) is 5.00. The lowest BCUT2D eigenvalue weighted by atomic mass is 9.93. The van der Waals surface area contributed by atoms with Crippen molar-refractivity contribution in [1.29, 1.82) is 0 Å². The van der Waals surface area contributed by atoms with Gasteiger partial charge in [0.1, 0.15) is 0 Å². The summed E-state index contributed by atoms with van der Waals surface area (Å²) in [4.78, 5) is 16.3. The Hall–Kier alpha value is -3.02. The lowest BCUT2D eigenvalue weighted by Crippen LogP contribution is -2.57. The second-order valence-electron chi connectivity index (χ2n) is 8.85. The molecule has 1 saturated heterocycles. The van der Waals surface area contributed by atoms with Crippen molar-refractivity contribution in [3.8, 4) is 0 Å². The Kier molecular flexibility index (Phi) is 5.30. The zero-order valence-electron chi connectivity index (χ0n) is 18.2. The first kappa shape index (κ1) is 19.9. The molecule has 31 heavy (non-hydrogen) atoms. The molecule has 6 nitrogen and oxygen atoms in total. The quantitative estimate of drug-likeness (QED) is 0.679. The maximum atomic E-state index is 12.1. The lowest BCUT2D eigenvalue weighted by molar-refractivity contribution is 0.174. The number of hydrogen-bond acceptors (Lipinski definition) is 3. The fourth-order valence-corrected chi connectivity index (χ4v) is 5.00. The molecule has 5 rings (SSSR count). The van der Waals surface area contributed by atoms with Crippen LogP contribution in [0, 0.1) is 0 Å². The van der Waals surface area contributed by atoms with E-state index < -0.39 is 0 Å². The van der Waals surface area contributed by atoms with Gasteiger partial charge in [0, 0.05) is 30.7 Å². The van der Waals surface area contributed by atoms with Gasteiger partial charge >= 0.3 is 6.03 Å². The number of anilines is 1. The maximum absolute atomic E-state index is 12.1. The minimum atomic E-state index is -0.327. The van der Waals surface area contributed by atoms with Gasteiger partial charge in [0.05, 0.1) is 23.3 Å². The normalized spacial score (nSPS) is 19.6. The molecule has 3 aromatic rings. The van der Waals surface area contributed by atoms with Crippen molar-refractivity contribution in [2.45, 2.75) is 51.1 Å². The van der Waals surface area contributed by atoms with Gasteiger partial charge in [0.25, 0.3) is 0 Å². The van der Waals surface area contributed by atoms with Crippen LogP contribution in [0.3, 0.4) is 0 Å². The van der Waals surface area contributed by atoms with Crippen molar-refractivity contribution < 1.29 is 4.79 Å². The number of urea groups is 1. The van der Waals surface area contributed by atoms with Crippen molar-refractivity contribution in [1.82, 2.24) is 14.7 Å². The number of aryl methyl sites for hydroxylation is 1. The molecule has 2 aromatic carbocycles. The molecule has 0 bridgehead atoms. The van der Waals surface area contributed by atoms with Crippen LogP contribution in [0.15, 0.2) is 48.5 Å². The number of amides is 2. The van der Waals surface area contributed by atoms with Crippen LogP contribution in [0.2, 0.25) is 0 Å². The summed E-state index contributed by atoms with van der Waals surface area (Å²) in [6, 6.07) is 17.4. The number of benzene rings is 2. The van der Waals surface area contributed by atoms with Gasteiger partial charge in [-0.15, -0.1) is 0 Å². The zero-order chi connectivity index (χ0) is 21.4. The summed E-state index contributed by atoms with van der Waals surface area (Å²) < 4.78 is 2.27. The van der Waals surface area contributed by atoms with Crippen LogP contribution in [0.4, 0.5) is 10.5 Å². The highest BCUT2D eigenvalue weighted by atomic mass is 16.2. The Morgan fingerprint density at radius 2 is 1.94 bits per heavy atom. The van der Waals surface area contributed by atoms with Crippen molar-refractivity contribution in [3.63, 3.8) is 0 Å². The molecule has 162 valence electrons. The highest BCUT2D eigenvalue weighted by Gasteiger charge is 2.30. The molecular weight excluding hydrogens is 386 g/mol. The average Bonchev–Trinajstić information content (AvgIpc) is 3.10. The molecule has 1 aromatic heterocycles. The number of aromatic nitrogens is 2. The molecule has 2 amide bonds. The van der Waals surface area contributed by atoms with Crippen LogP contribution >= 0.6 is 0 Å². The summed E-state index contributed by atoms with van der Waals surface area (Å²) in [5.74, 6) is 0. The standard InChI is InChI=1S/C25H31N5O/c1-2-23-22-12-11-20(16-24(22)30(27-23)19-9-6-10-19)28-13-14-29(25(26)31)21(17-28)15-18-7-4-3-5-8-18/h3-5,7-8,11-12,16,19,21H,2,6,9-10,13-15,17H2,1H3,(H2,26,31). The molecule has 1 atom stereocenters. The van der Waals surface area contributed by atoms with Crippen LogP contribution in [0.25, 0.3) is 10.9 Å². The Labute approximate surface area is 183 Å². The van der Waals surface area contributed by atoms with Gasteiger partial charge in [0.15, 0.2) is 0 Å². The smallest absolute Gasteiger partial charge is 0.315 e. The van der Waals surface area contributed by atoms with E-state index in [-0.39, 0.29) is 12.1 Å². The topological polar surface area (TPSA) is 67.4 Å². The maximum Gasteiger partial charge on any atom is 0.315 e. The number of nitrogens with two attached hydrogens (primary N) is 1. The fraction of sp³-hybridized carbons (Fsp3) is 0.440. The third-order valence-corrected chi connectivity index (χ3v) is 6.97. The number of rotatable bonds is 5. The van der Waals surface area contributed by atoms with Crippen molar-refractivity contribution in [2.75, 3.05) is 24.5 Å².